The van der Waals surface area contributed by atoms with Crippen molar-refractivity contribution in [1.29, 1.82) is 0 Å². The number of furan rings is 1. The molecule has 0 aliphatic heterocycles. The lowest BCUT2D eigenvalue weighted by Crippen LogP contribution is -2.04. The van der Waals surface area contributed by atoms with Crippen LogP contribution in [-0.2, 0) is 0 Å². The van der Waals surface area contributed by atoms with E-state index in [0.29, 0.717) is 17.4 Å². The van der Waals surface area contributed by atoms with Gasteiger partial charge in [-0.05, 0) is 80.4 Å². The quantitative estimate of drug-likeness (QED) is 0.552. The second kappa shape index (κ2) is 6.49. The highest BCUT2D eigenvalue weighted by atomic mass is 79.9. The van der Waals surface area contributed by atoms with E-state index in [-0.39, 0.29) is 0 Å². The topological polar surface area (TPSA) is 30.2 Å². The van der Waals surface area contributed by atoms with E-state index in [1.807, 2.05) is 6.07 Å². The summed E-state index contributed by atoms with van der Waals surface area (Å²) in [5.74, 6) is 1.70. The lowest BCUT2D eigenvalue weighted by atomic mass is 9.84. The first-order chi connectivity index (χ1) is 10.2. The van der Waals surface area contributed by atoms with E-state index >= 15 is 0 Å². The Morgan fingerprint density at radius 2 is 1.71 bits per heavy atom. The maximum atomic E-state index is 10.8. The molecule has 3 rings (SSSR count). The van der Waals surface area contributed by atoms with Crippen molar-refractivity contribution >= 4 is 38.1 Å². The van der Waals surface area contributed by atoms with Gasteiger partial charge in [0.05, 0.1) is 0 Å². The van der Waals surface area contributed by atoms with Gasteiger partial charge in [-0.25, -0.2) is 0 Å². The summed E-state index contributed by atoms with van der Waals surface area (Å²) in [5.41, 5.74) is 2.34. The van der Waals surface area contributed by atoms with Gasteiger partial charge in [0.25, 0.3) is 0 Å². The van der Waals surface area contributed by atoms with Crippen LogP contribution in [0.2, 0.25) is 0 Å². The zero-order valence-corrected chi connectivity index (χ0v) is 14.7. The van der Waals surface area contributed by atoms with E-state index in [0.717, 1.165) is 20.8 Å². The van der Waals surface area contributed by atoms with Crippen molar-refractivity contribution in [2.75, 3.05) is 0 Å². The first-order valence-electron chi connectivity index (χ1n) is 7.23. The minimum absolute atomic E-state index is 0.347. The third-order valence-electron chi connectivity index (χ3n) is 4.13. The van der Waals surface area contributed by atoms with E-state index in [4.69, 9.17) is 4.42 Å². The molecule has 2 aromatic rings. The van der Waals surface area contributed by atoms with Gasteiger partial charge in [-0.15, -0.1) is 0 Å². The number of carbonyl (C=O) groups excluding carboxylic acids is 1. The second-order valence-corrected chi connectivity index (χ2v) is 7.22. The largest absolute Gasteiger partial charge is 0.453 e. The van der Waals surface area contributed by atoms with Crippen LogP contribution in [0.5, 0.6) is 0 Å². The Bertz CT molecular complexity index is 632. The summed E-state index contributed by atoms with van der Waals surface area (Å²) >= 11 is 7.31. The standard InChI is InChI=1S/C17H16Br2O2/c18-14-8-12(11-4-2-1-3-5-11)9-15(19)17(14)16-7-6-13(10-20)21-16/h6-11H,1-5H2. The predicted octanol–water partition coefficient (Wildman–Crippen LogP) is 6.33. The van der Waals surface area contributed by atoms with Crippen LogP contribution in [0.1, 0.15) is 54.1 Å². The molecule has 0 saturated heterocycles. The summed E-state index contributed by atoms with van der Waals surface area (Å²) in [6.07, 6.45) is 7.27. The van der Waals surface area contributed by atoms with E-state index in [9.17, 15) is 4.79 Å². The average Bonchev–Trinajstić information content (AvgIpc) is 2.96. The van der Waals surface area contributed by atoms with Crippen LogP contribution >= 0.6 is 31.9 Å². The molecule has 0 radical (unpaired) electrons. The van der Waals surface area contributed by atoms with Crippen LogP contribution in [0.4, 0.5) is 0 Å². The van der Waals surface area contributed by atoms with Gasteiger partial charge >= 0.3 is 0 Å². The van der Waals surface area contributed by atoms with Gasteiger partial charge in [-0.1, -0.05) is 19.3 Å². The predicted molar refractivity (Wildman–Crippen MR) is 90.8 cm³/mol. The molecule has 0 N–H and O–H groups in total. The van der Waals surface area contributed by atoms with Crippen molar-refractivity contribution in [1.82, 2.24) is 0 Å². The lowest BCUT2D eigenvalue weighted by Gasteiger charge is -2.23. The molecule has 0 spiro atoms. The molecule has 1 aliphatic carbocycles. The van der Waals surface area contributed by atoms with E-state index in [1.54, 1.807) is 6.07 Å². The molecule has 0 unspecified atom stereocenters. The van der Waals surface area contributed by atoms with Gasteiger partial charge < -0.3 is 4.42 Å². The molecule has 110 valence electrons. The molecule has 1 saturated carbocycles. The highest BCUT2D eigenvalue weighted by Gasteiger charge is 2.19. The Morgan fingerprint density at radius 3 is 2.29 bits per heavy atom. The first kappa shape index (κ1) is 15.0. The molecule has 1 fully saturated rings. The molecular weight excluding hydrogens is 396 g/mol. The number of carbonyl (C=O) groups is 1. The summed E-state index contributed by atoms with van der Waals surface area (Å²) in [4.78, 5) is 10.8. The maximum Gasteiger partial charge on any atom is 0.185 e. The van der Waals surface area contributed by atoms with Crippen molar-refractivity contribution < 1.29 is 9.21 Å². The molecule has 2 nitrogen and oxygen atoms in total. The third-order valence-corrected chi connectivity index (χ3v) is 5.38. The molecule has 0 bridgehead atoms. The fourth-order valence-corrected chi connectivity index (χ4v) is 4.66. The zero-order chi connectivity index (χ0) is 14.8. The van der Waals surface area contributed by atoms with Crippen molar-refractivity contribution in [3.05, 3.63) is 44.5 Å². The summed E-state index contributed by atoms with van der Waals surface area (Å²) in [6.45, 7) is 0. The fraction of sp³-hybridized carbons (Fsp3) is 0.353. The van der Waals surface area contributed by atoms with Gasteiger partial charge in [-0.2, -0.15) is 0 Å². The van der Waals surface area contributed by atoms with Gasteiger partial charge in [0.15, 0.2) is 12.0 Å². The van der Waals surface area contributed by atoms with Crippen LogP contribution in [0.15, 0.2) is 37.6 Å². The summed E-state index contributed by atoms with van der Waals surface area (Å²) < 4.78 is 7.55. The average molecular weight is 412 g/mol. The normalized spacial score (nSPS) is 16.1. The Kier molecular flexibility index (Phi) is 4.65. The molecule has 0 atom stereocenters. The molecule has 21 heavy (non-hydrogen) atoms. The van der Waals surface area contributed by atoms with E-state index < -0.39 is 0 Å². The molecule has 0 amide bonds. The first-order valence-corrected chi connectivity index (χ1v) is 8.82. The van der Waals surface area contributed by atoms with Crippen molar-refractivity contribution in [2.45, 2.75) is 38.0 Å². The Balaban J connectivity index is 1.97. The number of benzene rings is 1. The number of hydrogen-bond acceptors (Lipinski definition) is 2. The Hall–Kier alpha value is -0.870. The van der Waals surface area contributed by atoms with Gasteiger partial charge in [0.2, 0.25) is 0 Å². The van der Waals surface area contributed by atoms with Gasteiger partial charge in [-0.3, -0.25) is 4.79 Å². The second-order valence-electron chi connectivity index (χ2n) is 5.51. The van der Waals surface area contributed by atoms with Crippen molar-refractivity contribution in [2.24, 2.45) is 0 Å². The lowest BCUT2D eigenvalue weighted by molar-refractivity contribution is 0.110. The van der Waals surface area contributed by atoms with Crippen LogP contribution in [0, 0.1) is 0 Å². The highest BCUT2D eigenvalue weighted by molar-refractivity contribution is 9.11. The fourth-order valence-electron chi connectivity index (χ4n) is 3.05. The number of halogens is 2. The summed E-state index contributed by atoms with van der Waals surface area (Å²) in [5, 5.41) is 0. The van der Waals surface area contributed by atoms with Crippen LogP contribution in [0.3, 0.4) is 0 Å². The SMILES string of the molecule is O=Cc1ccc(-c2c(Br)cc(C3CCCCC3)cc2Br)o1. The monoisotopic (exact) mass is 410 g/mol. The molecule has 1 heterocycles. The third kappa shape index (κ3) is 3.16. The van der Waals surface area contributed by atoms with Gasteiger partial charge in [0, 0.05) is 14.5 Å². The summed E-state index contributed by atoms with van der Waals surface area (Å²) in [6, 6.07) is 7.91. The Morgan fingerprint density at radius 1 is 1.05 bits per heavy atom. The Labute approximate surface area is 141 Å². The minimum Gasteiger partial charge on any atom is -0.453 e. The smallest absolute Gasteiger partial charge is 0.185 e. The minimum atomic E-state index is 0.347. The molecule has 4 heteroatoms. The highest BCUT2D eigenvalue weighted by Crippen LogP contribution is 2.41. The van der Waals surface area contributed by atoms with Crippen LogP contribution in [-0.4, -0.2) is 6.29 Å². The summed E-state index contributed by atoms with van der Waals surface area (Å²) in [7, 11) is 0. The zero-order valence-electron chi connectivity index (χ0n) is 11.6. The molecule has 1 aromatic carbocycles. The molecule has 1 aromatic heterocycles. The number of hydrogen-bond donors (Lipinski definition) is 0. The van der Waals surface area contributed by atoms with Crippen molar-refractivity contribution in [3.63, 3.8) is 0 Å². The maximum absolute atomic E-state index is 10.8. The molecular formula is C17H16Br2O2. The van der Waals surface area contributed by atoms with Crippen molar-refractivity contribution in [3.8, 4) is 11.3 Å². The van der Waals surface area contributed by atoms with Crippen LogP contribution < -0.4 is 0 Å². The van der Waals surface area contributed by atoms with Crippen LogP contribution in [0.25, 0.3) is 11.3 Å². The number of rotatable bonds is 3. The molecule has 1 aliphatic rings. The van der Waals surface area contributed by atoms with E-state index in [1.165, 1.54) is 37.7 Å². The van der Waals surface area contributed by atoms with Gasteiger partial charge in [0.1, 0.15) is 5.76 Å². The number of aldehydes is 1. The van der Waals surface area contributed by atoms with E-state index in [2.05, 4.69) is 44.0 Å².